The number of carbonyl (C=O) groups excluding carboxylic acids is 1. The van der Waals surface area contributed by atoms with Crippen LogP contribution in [0.1, 0.15) is 42.5 Å². The van der Waals surface area contributed by atoms with Gasteiger partial charge in [-0.1, -0.05) is 35.0 Å². The van der Waals surface area contributed by atoms with Gasteiger partial charge in [0.1, 0.15) is 5.75 Å². The number of hydrogen-bond donors (Lipinski definition) is 1. The molecule has 0 fully saturated rings. The van der Waals surface area contributed by atoms with Crippen LogP contribution in [0, 0.1) is 6.92 Å². The Morgan fingerprint density at radius 1 is 1.22 bits per heavy atom. The van der Waals surface area contributed by atoms with Crippen molar-refractivity contribution in [1.82, 2.24) is 4.57 Å². The van der Waals surface area contributed by atoms with Gasteiger partial charge in [0.2, 0.25) is 5.91 Å². The van der Waals surface area contributed by atoms with Crippen molar-refractivity contribution in [3.8, 4) is 5.75 Å². The Labute approximate surface area is 168 Å². The van der Waals surface area contributed by atoms with Crippen LogP contribution in [0.4, 0.5) is 0 Å². The summed E-state index contributed by atoms with van der Waals surface area (Å²) < 4.78 is 8.86. The van der Waals surface area contributed by atoms with Gasteiger partial charge in [0.15, 0.2) is 0 Å². The second-order valence-corrected chi connectivity index (χ2v) is 7.92. The standard InChI is InChI=1S/C22H25BrN2O2/c1-14(4-11-21(24)26)22-15(2)25(13-16-5-7-17(23)8-6-16)20-10-9-18(27-3)12-19(20)22/h5-10,12,14H,4,11,13H2,1-3H3,(H2,24,26). The molecular formula is C22H25BrN2O2. The number of amides is 1. The second kappa shape index (κ2) is 8.17. The van der Waals surface area contributed by atoms with Crippen LogP contribution in [0.3, 0.4) is 0 Å². The molecule has 4 nitrogen and oxygen atoms in total. The maximum absolute atomic E-state index is 11.3. The Hall–Kier alpha value is -2.27. The highest BCUT2D eigenvalue weighted by molar-refractivity contribution is 9.10. The normalized spacial score (nSPS) is 12.3. The number of benzene rings is 2. The van der Waals surface area contributed by atoms with Crippen LogP contribution in [0.15, 0.2) is 46.9 Å². The van der Waals surface area contributed by atoms with Gasteiger partial charge >= 0.3 is 0 Å². The van der Waals surface area contributed by atoms with E-state index in [1.54, 1.807) is 7.11 Å². The van der Waals surface area contributed by atoms with Crippen molar-refractivity contribution in [2.45, 2.75) is 39.2 Å². The fourth-order valence-electron chi connectivity index (χ4n) is 3.72. The van der Waals surface area contributed by atoms with Gasteiger partial charge in [-0.15, -0.1) is 0 Å². The SMILES string of the molecule is COc1ccc2c(c1)c(C(C)CCC(N)=O)c(C)n2Cc1ccc(Br)cc1. The van der Waals surface area contributed by atoms with E-state index in [1.165, 1.54) is 27.7 Å². The van der Waals surface area contributed by atoms with E-state index in [-0.39, 0.29) is 11.8 Å². The summed E-state index contributed by atoms with van der Waals surface area (Å²) in [7, 11) is 1.68. The van der Waals surface area contributed by atoms with E-state index in [1.807, 2.05) is 6.07 Å². The van der Waals surface area contributed by atoms with Gasteiger partial charge in [-0.05, 0) is 60.7 Å². The number of rotatable bonds is 7. The molecule has 0 aliphatic heterocycles. The molecule has 0 aliphatic rings. The van der Waals surface area contributed by atoms with Crippen LogP contribution in [-0.4, -0.2) is 17.6 Å². The van der Waals surface area contributed by atoms with E-state index in [0.717, 1.165) is 23.2 Å². The number of fused-ring (bicyclic) bond motifs is 1. The van der Waals surface area contributed by atoms with Crippen molar-refractivity contribution in [3.63, 3.8) is 0 Å². The van der Waals surface area contributed by atoms with Crippen LogP contribution in [0.25, 0.3) is 10.9 Å². The highest BCUT2D eigenvalue weighted by Crippen LogP contribution is 2.36. The smallest absolute Gasteiger partial charge is 0.217 e. The molecular weight excluding hydrogens is 404 g/mol. The lowest BCUT2D eigenvalue weighted by Gasteiger charge is -2.13. The third-order valence-corrected chi connectivity index (χ3v) is 5.68. The van der Waals surface area contributed by atoms with Gasteiger partial charge in [0, 0.05) is 34.0 Å². The van der Waals surface area contributed by atoms with E-state index < -0.39 is 0 Å². The number of aromatic nitrogens is 1. The zero-order valence-electron chi connectivity index (χ0n) is 16.0. The number of nitrogens with two attached hydrogens (primary N) is 1. The highest BCUT2D eigenvalue weighted by atomic mass is 79.9. The maximum Gasteiger partial charge on any atom is 0.217 e. The number of carbonyl (C=O) groups is 1. The lowest BCUT2D eigenvalue weighted by atomic mass is 9.93. The summed E-state index contributed by atoms with van der Waals surface area (Å²) in [6.45, 7) is 5.11. The molecule has 1 atom stereocenters. The monoisotopic (exact) mass is 428 g/mol. The Morgan fingerprint density at radius 2 is 1.93 bits per heavy atom. The third kappa shape index (κ3) is 4.19. The Kier molecular flexibility index (Phi) is 5.90. The summed E-state index contributed by atoms with van der Waals surface area (Å²) in [5.41, 5.74) is 10.3. The fraction of sp³-hybridized carbons (Fsp3) is 0.318. The van der Waals surface area contributed by atoms with Gasteiger partial charge in [-0.25, -0.2) is 0 Å². The van der Waals surface area contributed by atoms with Crippen LogP contribution < -0.4 is 10.5 Å². The van der Waals surface area contributed by atoms with E-state index in [9.17, 15) is 4.79 Å². The molecule has 0 spiro atoms. The topological polar surface area (TPSA) is 57.2 Å². The quantitative estimate of drug-likeness (QED) is 0.566. The molecule has 1 heterocycles. The molecule has 2 aromatic carbocycles. The van der Waals surface area contributed by atoms with E-state index in [4.69, 9.17) is 10.5 Å². The van der Waals surface area contributed by atoms with Gasteiger partial charge in [0.05, 0.1) is 7.11 Å². The maximum atomic E-state index is 11.3. The molecule has 1 unspecified atom stereocenters. The molecule has 0 saturated heterocycles. The molecule has 0 radical (unpaired) electrons. The second-order valence-electron chi connectivity index (χ2n) is 7.00. The third-order valence-electron chi connectivity index (χ3n) is 5.15. The van der Waals surface area contributed by atoms with Gasteiger partial charge in [-0.3, -0.25) is 4.79 Å². The van der Waals surface area contributed by atoms with Crippen molar-refractivity contribution in [1.29, 1.82) is 0 Å². The molecule has 0 aliphatic carbocycles. The van der Waals surface area contributed by atoms with Gasteiger partial charge in [0.25, 0.3) is 0 Å². The van der Waals surface area contributed by atoms with Crippen molar-refractivity contribution in [3.05, 3.63) is 63.8 Å². The summed E-state index contributed by atoms with van der Waals surface area (Å²) in [5, 5.41) is 1.18. The summed E-state index contributed by atoms with van der Waals surface area (Å²) in [4.78, 5) is 11.3. The van der Waals surface area contributed by atoms with Crippen LogP contribution in [-0.2, 0) is 11.3 Å². The molecule has 0 bridgehead atoms. The van der Waals surface area contributed by atoms with Gasteiger partial charge in [-0.2, -0.15) is 0 Å². The molecule has 2 N–H and O–H groups in total. The van der Waals surface area contributed by atoms with Crippen LogP contribution in [0.2, 0.25) is 0 Å². The zero-order chi connectivity index (χ0) is 19.6. The number of hydrogen-bond acceptors (Lipinski definition) is 2. The number of nitrogens with zero attached hydrogens (tertiary/aromatic N) is 1. The highest BCUT2D eigenvalue weighted by Gasteiger charge is 2.20. The molecule has 1 amide bonds. The molecule has 3 rings (SSSR count). The summed E-state index contributed by atoms with van der Waals surface area (Å²) in [6.07, 6.45) is 1.13. The van der Waals surface area contributed by atoms with E-state index >= 15 is 0 Å². The van der Waals surface area contributed by atoms with Crippen molar-refractivity contribution in [2.24, 2.45) is 5.73 Å². The minimum atomic E-state index is -0.254. The molecule has 0 saturated carbocycles. The predicted molar refractivity (Wildman–Crippen MR) is 113 cm³/mol. The van der Waals surface area contributed by atoms with Crippen molar-refractivity contribution < 1.29 is 9.53 Å². The number of primary amides is 1. The first-order valence-electron chi connectivity index (χ1n) is 9.10. The Balaban J connectivity index is 2.08. The fourth-order valence-corrected chi connectivity index (χ4v) is 3.98. The number of methoxy groups -OCH3 is 1. The minimum Gasteiger partial charge on any atom is -0.497 e. The molecule has 27 heavy (non-hydrogen) atoms. The summed E-state index contributed by atoms with van der Waals surface area (Å²) in [5.74, 6) is 0.820. The summed E-state index contributed by atoms with van der Waals surface area (Å²) >= 11 is 3.49. The number of halogens is 1. The molecule has 5 heteroatoms. The summed E-state index contributed by atoms with van der Waals surface area (Å²) in [6, 6.07) is 14.6. The Morgan fingerprint density at radius 3 is 2.56 bits per heavy atom. The van der Waals surface area contributed by atoms with E-state index in [0.29, 0.717) is 6.42 Å². The molecule has 1 aromatic heterocycles. The Bertz CT molecular complexity index is 961. The van der Waals surface area contributed by atoms with Crippen LogP contribution in [0.5, 0.6) is 5.75 Å². The first-order chi connectivity index (χ1) is 12.9. The average Bonchev–Trinajstić information content (AvgIpc) is 2.92. The zero-order valence-corrected chi connectivity index (χ0v) is 17.5. The molecule has 142 valence electrons. The lowest BCUT2D eigenvalue weighted by molar-refractivity contribution is -0.118. The predicted octanol–water partition coefficient (Wildman–Crippen LogP) is 5.14. The van der Waals surface area contributed by atoms with Crippen LogP contribution >= 0.6 is 15.9 Å². The minimum absolute atomic E-state index is 0.235. The average molecular weight is 429 g/mol. The van der Waals surface area contributed by atoms with Crippen molar-refractivity contribution >= 4 is 32.7 Å². The van der Waals surface area contributed by atoms with Gasteiger partial charge < -0.3 is 15.0 Å². The first kappa shape index (κ1) is 19.5. The van der Waals surface area contributed by atoms with Crippen molar-refractivity contribution in [2.75, 3.05) is 7.11 Å². The lowest BCUT2D eigenvalue weighted by Crippen LogP contribution is -2.11. The molecule has 3 aromatic rings. The first-order valence-corrected chi connectivity index (χ1v) is 9.89. The largest absolute Gasteiger partial charge is 0.497 e. The number of ether oxygens (including phenoxy) is 1. The van der Waals surface area contributed by atoms with E-state index in [2.05, 4.69) is 70.7 Å².